The molecule has 4 aromatic rings. The standard InChI is InChI=1S/C21H16Cl2N4S/c22-16-8-9-20(19(23)10-16)26-21(28)25-17-11-24-27(13-17)12-15-6-3-5-14-4-1-2-7-18(14)15/h1-11,13H,12H2,(H2,25,26,28). The number of halogens is 2. The van der Waals surface area contributed by atoms with Crippen LogP contribution in [0.15, 0.2) is 73.1 Å². The van der Waals surface area contributed by atoms with Gasteiger partial charge in [-0.1, -0.05) is 65.7 Å². The average molecular weight is 427 g/mol. The van der Waals surface area contributed by atoms with Gasteiger partial charge in [-0.25, -0.2) is 0 Å². The molecule has 7 heteroatoms. The van der Waals surface area contributed by atoms with Crippen molar-refractivity contribution in [2.75, 3.05) is 10.6 Å². The van der Waals surface area contributed by atoms with E-state index in [9.17, 15) is 0 Å². The van der Waals surface area contributed by atoms with Gasteiger partial charge in [0.1, 0.15) is 0 Å². The fourth-order valence-electron chi connectivity index (χ4n) is 2.99. The second kappa shape index (κ2) is 8.19. The lowest BCUT2D eigenvalue weighted by Gasteiger charge is -2.10. The number of fused-ring (bicyclic) bond motifs is 1. The smallest absolute Gasteiger partial charge is 0.175 e. The summed E-state index contributed by atoms with van der Waals surface area (Å²) in [5.74, 6) is 0. The fraction of sp³-hybridized carbons (Fsp3) is 0.0476. The topological polar surface area (TPSA) is 41.9 Å². The monoisotopic (exact) mass is 426 g/mol. The Kier molecular flexibility index (Phi) is 5.48. The number of rotatable bonds is 4. The van der Waals surface area contributed by atoms with Crippen LogP contribution in [0.2, 0.25) is 10.0 Å². The Morgan fingerprint density at radius 3 is 2.68 bits per heavy atom. The number of benzene rings is 3. The van der Waals surface area contributed by atoms with Crippen LogP contribution >= 0.6 is 35.4 Å². The molecule has 2 N–H and O–H groups in total. The summed E-state index contributed by atoms with van der Waals surface area (Å²) in [7, 11) is 0. The lowest BCUT2D eigenvalue weighted by atomic mass is 10.0. The zero-order chi connectivity index (χ0) is 19.5. The van der Waals surface area contributed by atoms with Gasteiger partial charge in [0.2, 0.25) is 0 Å². The van der Waals surface area contributed by atoms with Gasteiger partial charge in [-0.2, -0.15) is 5.10 Å². The van der Waals surface area contributed by atoms with E-state index in [-0.39, 0.29) is 0 Å². The maximum Gasteiger partial charge on any atom is 0.175 e. The molecule has 4 nitrogen and oxygen atoms in total. The summed E-state index contributed by atoms with van der Waals surface area (Å²) in [5.41, 5.74) is 2.69. The third kappa shape index (κ3) is 4.28. The van der Waals surface area contributed by atoms with Gasteiger partial charge in [-0.3, -0.25) is 4.68 Å². The number of thiocarbonyl (C=S) groups is 1. The van der Waals surface area contributed by atoms with E-state index in [0.717, 1.165) is 5.69 Å². The highest BCUT2D eigenvalue weighted by Crippen LogP contribution is 2.25. The zero-order valence-corrected chi connectivity index (χ0v) is 17.0. The normalized spacial score (nSPS) is 10.8. The lowest BCUT2D eigenvalue weighted by molar-refractivity contribution is 0.690. The van der Waals surface area contributed by atoms with Crippen molar-refractivity contribution in [3.63, 3.8) is 0 Å². The molecule has 0 unspecified atom stereocenters. The molecule has 1 aromatic heterocycles. The quantitative estimate of drug-likeness (QED) is 0.381. The molecule has 1 heterocycles. The maximum absolute atomic E-state index is 6.17. The van der Waals surface area contributed by atoms with Gasteiger partial charge in [0.05, 0.1) is 29.1 Å². The molecule has 140 valence electrons. The van der Waals surface area contributed by atoms with Crippen molar-refractivity contribution in [1.29, 1.82) is 0 Å². The summed E-state index contributed by atoms with van der Waals surface area (Å²) < 4.78 is 1.88. The molecule has 0 aliphatic heterocycles. The van der Waals surface area contributed by atoms with E-state index >= 15 is 0 Å². The first-order valence-electron chi connectivity index (χ1n) is 8.61. The largest absolute Gasteiger partial charge is 0.331 e. The van der Waals surface area contributed by atoms with Gasteiger partial charge < -0.3 is 10.6 Å². The van der Waals surface area contributed by atoms with Crippen LogP contribution in [0.5, 0.6) is 0 Å². The first-order chi connectivity index (χ1) is 13.6. The third-order valence-corrected chi connectivity index (χ3v) is 5.03. The van der Waals surface area contributed by atoms with Gasteiger partial charge in [-0.05, 0) is 46.8 Å². The Morgan fingerprint density at radius 1 is 1.00 bits per heavy atom. The molecule has 0 amide bonds. The van der Waals surface area contributed by atoms with E-state index in [4.69, 9.17) is 35.4 Å². The van der Waals surface area contributed by atoms with Crippen LogP contribution in [0, 0.1) is 0 Å². The Morgan fingerprint density at radius 2 is 1.82 bits per heavy atom. The first-order valence-corrected chi connectivity index (χ1v) is 9.77. The summed E-state index contributed by atoms with van der Waals surface area (Å²) in [6.07, 6.45) is 3.65. The summed E-state index contributed by atoms with van der Waals surface area (Å²) in [6.45, 7) is 0.673. The van der Waals surface area contributed by atoms with E-state index in [0.29, 0.717) is 27.4 Å². The van der Waals surface area contributed by atoms with Crippen molar-refractivity contribution < 1.29 is 0 Å². The summed E-state index contributed by atoms with van der Waals surface area (Å²) in [5, 5.41) is 14.6. The first kappa shape index (κ1) is 18.7. The average Bonchev–Trinajstić information content (AvgIpc) is 3.11. The van der Waals surface area contributed by atoms with Crippen molar-refractivity contribution in [3.8, 4) is 0 Å². The van der Waals surface area contributed by atoms with E-state index in [1.54, 1.807) is 24.4 Å². The molecule has 0 radical (unpaired) electrons. The molecule has 0 aliphatic rings. The number of hydrogen-bond acceptors (Lipinski definition) is 2. The molecular weight excluding hydrogens is 411 g/mol. The summed E-state index contributed by atoms with van der Waals surface area (Å²) >= 11 is 17.4. The predicted octanol–water partition coefficient (Wildman–Crippen LogP) is 6.20. The molecule has 0 saturated heterocycles. The van der Waals surface area contributed by atoms with Gasteiger partial charge in [0.25, 0.3) is 0 Å². The molecule has 0 fully saturated rings. The van der Waals surface area contributed by atoms with E-state index < -0.39 is 0 Å². The van der Waals surface area contributed by atoms with Crippen LogP contribution in [0.25, 0.3) is 10.8 Å². The zero-order valence-electron chi connectivity index (χ0n) is 14.7. The van der Waals surface area contributed by atoms with Crippen molar-refractivity contribution >= 4 is 62.7 Å². The third-order valence-electron chi connectivity index (χ3n) is 4.28. The van der Waals surface area contributed by atoms with Gasteiger partial charge in [-0.15, -0.1) is 0 Å². The van der Waals surface area contributed by atoms with Crippen LogP contribution in [0.1, 0.15) is 5.56 Å². The van der Waals surface area contributed by atoms with E-state index in [1.165, 1.54) is 16.3 Å². The minimum absolute atomic E-state index is 0.425. The van der Waals surface area contributed by atoms with Crippen molar-refractivity contribution in [1.82, 2.24) is 9.78 Å². The lowest BCUT2D eigenvalue weighted by Crippen LogP contribution is -2.19. The molecule has 3 aromatic carbocycles. The Balaban J connectivity index is 1.45. The van der Waals surface area contributed by atoms with Crippen molar-refractivity contribution in [2.45, 2.75) is 6.54 Å². The Labute approximate surface area is 178 Å². The van der Waals surface area contributed by atoms with Crippen molar-refractivity contribution in [3.05, 3.63) is 88.7 Å². The molecule has 4 rings (SSSR count). The minimum Gasteiger partial charge on any atom is -0.331 e. The summed E-state index contributed by atoms with van der Waals surface area (Å²) in [6, 6.07) is 19.8. The van der Waals surface area contributed by atoms with E-state index in [2.05, 4.69) is 46.1 Å². The van der Waals surface area contributed by atoms with Crippen LogP contribution in [-0.4, -0.2) is 14.9 Å². The number of aromatic nitrogens is 2. The van der Waals surface area contributed by atoms with Crippen LogP contribution in [0.4, 0.5) is 11.4 Å². The highest BCUT2D eigenvalue weighted by Gasteiger charge is 2.07. The fourth-order valence-corrected chi connectivity index (χ4v) is 3.68. The van der Waals surface area contributed by atoms with Gasteiger partial charge in [0, 0.05) is 11.2 Å². The maximum atomic E-state index is 6.17. The van der Waals surface area contributed by atoms with Crippen LogP contribution in [-0.2, 0) is 6.54 Å². The molecule has 0 atom stereocenters. The Hall–Kier alpha value is -2.60. The molecule has 0 saturated carbocycles. The highest BCUT2D eigenvalue weighted by molar-refractivity contribution is 7.80. The second-order valence-electron chi connectivity index (χ2n) is 6.27. The van der Waals surface area contributed by atoms with Gasteiger partial charge >= 0.3 is 0 Å². The number of nitrogens with zero attached hydrogens (tertiary/aromatic N) is 2. The van der Waals surface area contributed by atoms with Crippen LogP contribution < -0.4 is 10.6 Å². The van der Waals surface area contributed by atoms with Crippen molar-refractivity contribution in [2.24, 2.45) is 0 Å². The second-order valence-corrected chi connectivity index (χ2v) is 7.52. The van der Waals surface area contributed by atoms with Gasteiger partial charge in [0.15, 0.2) is 5.11 Å². The molecular formula is C21H16Cl2N4S. The Bertz CT molecular complexity index is 1150. The highest BCUT2D eigenvalue weighted by atomic mass is 35.5. The predicted molar refractivity (Wildman–Crippen MR) is 122 cm³/mol. The number of nitrogens with one attached hydrogen (secondary N) is 2. The molecule has 0 aliphatic carbocycles. The number of anilines is 2. The van der Waals surface area contributed by atoms with Crippen LogP contribution in [0.3, 0.4) is 0 Å². The summed E-state index contributed by atoms with van der Waals surface area (Å²) in [4.78, 5) is 0. The molecule has 0 spiro atoms. The minimum atomic E-state index is 0.425. The number of hydrogen-bond donors (Lipinski definition) is 2. The molecule has 0 bridgehead atoms. The molecule has 28 heavy (non-hydrogen) atoms. The van der Waals surface area contributed by atoms with E-state index in [1.807, 2.05) is 23.0 Å². The SMILES string of the molecule is S=C(Nc1cnn(Cc2cccc3ccccc23)c1)Nc1ccc(Cl)cc1Cl.